The van der Waals surface area contributed by atoms with E-state index in [1.54, 1.807) is 12.1 Å². The van der Waals surface area contributed by atoms with Gasteiger partial charge in [-0.3, -0.25) is 19.1 Å². The number of aromatic amines is 1. The van der Waals surface area contributed by atoms with Gasteiger partial charge in [0, 0.05) is 18.0 Å². The van der Waals surface area contributed by atoms with Crippen LogP contribution in [0.5, 0.6) is 0 Å². The first-order valence-electron chi connectivity index (χ1n) is 8.30. The fourth-order valence-corrected chi connectivity index (χ4v) is 4.96. The Balaban J connectivity index is 1.75. The van der Waals surface area contributed by atoms with E-state index in [1.165, 1.54) is 18.3 Å². The number of benzene rings is 1. The maximum absolute atomic E-state index is 12.6. The summed E-state index contributed by atoms with van der Waals surface area (Å²) in [4.78, 5) is 37.0. The monoisotopic (exact) mass is 377 g/mol. The Bertz CT molecular complexity index is 1030. The van der Waals surface area contributed by atoms with Gasteiger partial charge in [0.2, 0.25) is 5.91 Å². The van der Waals surface area contributed by atoms with Crippen LogP contribution in [0.15, 0.2) is 51.0 Å². The van der Waals surface area contributed by atoms with Crippen molar-refractivity contribution >= 4 is 21.4 Å². The number of sulfone groups is 1. The molecule has 3 rings (SSSR count). The van der Waals surface area contributed by atoms with Gasteiger partial charge in [0.1, 0.15) is 6.54 Å². The van der Waals surface area contributed by atoms with Gasteiger partial charge in [-0.15, -0.1) is 0 Å². The summed E-state index contributed by atoms with van der Waals surface area (Å²) in [6.07, 6.45) is 4.37. The first-order chi connectivity index (χ1) is 12.4. The van der Waals surface area contributed by atoms with Crippen molar-refractivity contribution in [1.29, 1.82) is 0 Å². The molecule has 8 nitrogen and oxygen atoms in total. The molecule has 0 radical (unpaired) electrons. The zero-order chi connectivity index (χ0) is 18.7. The highest BCUT2D eigenvalue weighted by Crippen LogP contribution is 2.30. The Hall–Kier alpha value is -2.68. The lowest BCUT2D eigenvalue weighted by Crippen LogP contribution is -2.32. The first-order valence-corrected chi connectivity index (χ1v) is 9.84. The molecule has 0 aliphatic heterocycles. The molecule has 1 heterocycles. The second-order valence-electron chi connectivity index (χ2n) is 6.27. The maximum Gasteiger partial charge on any atom is 0.328 e. The van der Waals surface area contributed by atoms with Crippen molar-refractivity contribution in [2.75, 3.05) is 5.32 Å². The Morgan fingerprint density at radius 2 is 1.92 bits per heavy atom. The third kappa shape index (κ3) is 3.93. The molecule has 9 heteroatoms. The second kappa shape index (κ2) is 7.28. The third-order valence-electron chi connectivity index (χ3n) is 4.40. The molecular formula is C17H19N3O5S. The summed E-state index contributed by atoms with van der Waals surface area (Å²) in [6.45, 7) is -0.296. The lowest BCUT2D eigenvalue weighted by atomic mass is 10.3. The summed E-state index contributed by atoms with van der Waals surface area (Å²) in [5.41, 5.74) is -0.895. The van der Waals surface area contributed by atoms with Crippen molar-refractivity contribution in [2.45, 2.75) is 42.4 Å². The van der Waals surface area contributed by atoms with Crippen LogP contribution in [0, 0.1) is 0 Å². The van der Waals surface area contributed by atoms with E-state index in [-0.39, 0.29) is 16.7 Å². The Morgan fingerprint density at radius 3 is 2.62 bits per heavy atom. The molecule has 2 N–H and O–H groups in total. The summed E-state index contributed by atoms with van der Waals surface area (Å²) in [6, 6.07) is 7.26. The SMILES string of the molecule is O=C(Cn1ccc(=O)[nH]c1=O)Nc1cccc(S(=O)(=O)C2CCCC2)c1. The molecule has 1 aromatic carbocycles. The molecule has 1 aliphatic carbocycles. The highest BCUT2D eigenvalue weighted by molar-refractivity contribution is 7.92. The fraction of sp³-hybridized carbons (Fsp3) is 0.353. The van der Waals surface area contributed by atoms with E-state index in [9.17, 15) is 22.8 Å². The average Bonchev–Trinajstić information content (AvgIpc) is 3.13. The van der Waals surface area contributed by atoms with Crippen LogP contribution in [0.2, 0.25) is 0 Å². The number of anilines is 1. The highest BCUT2D eigenvalue weighted by atomic mass is 32.2. The van der Waals surface area contributed by atoms with Gasteiger partial charge in [-0.1, -0.05) is 18.9 Å². The van der Waals surface area contributed by atoms with Crippen LogP contribution >= 0.6 is 0 Å². The van der Waals surface area contributed by atoms with Crippen molar-refractivity contribution in [1.82, 2.24) is 9.55 Å². The molecule has 0 bridgehead atoms. The summed E-state index contributed by atoms with van der Waals surface area (Å²) in [5, 5.41) is 2.21. The van der Waals surface area contributed by atoms with Crippen molar-refractivity contribution in [3.63, 3.8) is 0 Å². The van der Waals surface area contributed by atoms with Crippen molar-refractivity contribution in [2.24, 2.45) is 0 Å². The fourth-order valence-electron chi connectivity index (χ4n) is 3.07. The Kier molecular flexibility index (Phi) is 5.08. The number of carbonyl (C=O) groups is 1. The number of amides is 1. The number of nitrogens with zero attached hydrogens (tertiary/aromatic N) is 1. The molecule has 1 aliphatic rings. The van der Waals surface area contributed by atoms with E-state index in [0.717, 1.165) is 23.5 Å². The number of carbonyl (C=O) groups excluding carboxylic acids is 1. The predicted molar refractivity (Wildman–Crippen MR) is 95.8 cm³/mol. The lowest BCUT2D eigenvalue weighted by Gasteiger charge is -2.13. The van der Waals surface area contributed by atoms with E-state index >= 15 is 0 Å². The number of hydrogen-bond donors (Lipinski definition) is 2. The van der Waals surface area contributed by atoms with Crippen LogP contribution in [0.1, 0.15) is 25.7 Å². The van der Waals surface area contributed by atoms with Gasteiger partial charge < -0.3 is 5.32 Å². The summed E-state index contributed by atoms with van der Waals surface area (Å²) >= 11 is 0. The molecule has 1 aromatic heterocycles. The van der Waals surface area contributed by atoms with E-state index in [2.05, 4.69) is 10.3 Å². The van der Waals surface area contributed by atoms with Gasteiger partial charge in [-0.05, 0) is 31.0 Å². The molecule has 0 saturated heterocycles. The Labute approximate surface area is 149 Å². The number of rotatable bonds is 5. The Morgan fingerprint density at radius 1 is 1.19 bits per heavy atom. The largest absolute Gasteiger partial charge is 0.328 e. The number of H-pyrrole nitrogens is 1. The van der Waals surface area contributed by atoms with Crippen molar-refractivity contribution in [3.8, 4) is 0 Å². The van der Waals surface area contributed by atoms with Crippen molar-refractivity contribution in [3.05, 3.63) is 57.4 Å². The van der Waals surface area contributed by atoms with E-state index in [4.69, 9.17) is 0 Å². The smallest absolute Gasteiger partial charge is 0.324 e. The van der Waals surface area contributed by atoms with Crippen molar-refractivity contribution < 1.29 is 13.2 Å². The highest BCUT2D eigenvalue weighted by Gasteiger charge is 2.30. The molecule has 1 fully saturated rings. The van der Waals surface area contributed by atoms with Crippen LogP contribution in [-0.4, -0.2) is 29.1 Å². The van der Waals surface area contributed by atoms with Crippen LogP contribution in [-0.2, 0) is 21.2 Å². The molecule has 1 amide bonds. The number of nitrogens with one attached hydrogen (secondary N) is 2. The van der Waals surface area contributed by atoms with Gasteiger partial charge in [-0.25, -0.2) is 13.2 Å². The van der Waals surface area contributed by atoms with Gasteiger partial charge in [-0.2, -0.15) is 0 Å². The maximum atomic E-state index is 12.6. The van der Waals surface area contributed by atoms with E-state index in [0.29, 0.717) is 18.5 Å². The minimum atomic E-state index is -3.41. The lowest BCUT2D eigenvalue weighted by molar-refractivity contribution is -0.116. The van der Waals surface area contributed by atoms with Crippen LogP contribution < -0.4 is 16.6 Å². The first kappa shape index (κ1) is 18.1. The van der Waals surface area contributed by atoms with Gasteiger partial charge in [0.15, 0.2) is 9.84 Å². The van der Waals surface area contributed by atoms with E-state index < -0.39 is 27.0 Å². The summed E-state index contributed by atoms with van der Waals surface area (Å²) in [7, 11) is -3.41. The molecule has 2 aromatic rings. The molecular weight excluding hydrogens is 358 g/mol. The minimum Gasteiger partial charge on any atom is -0.324 e. The standard InChI is InChI=1S/C17H19N3O5S/c21-15-8-9-20(17(23)19-15)11-16(22)18-12-4-3-7-14(10-12)26(24,25)13-5-1-2-6-13/h3-4,7-10,13H,1-2,5-6,11H2,(H,18,22)(H,19,21,23). The normalized spacial score (nSPS) is 15.1. The molecule has 26 heavy (non-hydrogen) atoms. The summed E-state index contributed by atoms with van der Waals surface area (Å²) < 4.78 is 26.3. The molecule has 1 saturated carbocycles. The third-order valence-corrected chi connectivity index (χ3v) is 6.66. The zero-order valence-electron chi connectivity index (χ0n) is 14.0. The van der Waals surface area contributed by atoms with Crippen LogP contribution in [0.3, 0.4) is 0 Å². The molecule has 0 atom stereocenters. The van der Waals surface area contributed by atoms with Crippen LogP contribution in [0.4, 0.5) is 5.69 Å². The number of hydrogen-bond acceptors (Lipinski definition) is 5. The van der Waals surface area contributed by atoms with E-state index in [1.807, 2.05) is 0 Å². The number of aromatic nitrogens is 2. The van der Waals surface area contributed by atoms with Gasteiger partial charge in [0.05, 0.1) is 10.1 Å². The minimum absolute atomic E-state index is 0.184. The predicted octanol–water partition coefficient (Wildman–Crippen LogP) is 0.892. The molecule has 0 spiro atoms. The average molecular weight is 377 g/mol. The topological polar surface area (TPSA) is 118 Å². The molecule has 0 unspecified atom stereocenters. The zero-order valence-corrected chi connectivity index (χ0v) is 14.8. The van der Waals surface area contributed by atoms with Crippen LogP contribution in [0.25, 0.3) is 0 Å². The second-order valence-corrected chi connectivity index (χ2v) is 8.49. The summed E-state index contributed by atoms with van der Waals surface area (Å²) in [5.74, 6) is -0.505. The molecule has 138 valence electrons. The van der Waals surface area contributed by atoms with Gasteiger partial charge >= 0.3 is 5.69 Å². The quantitative estimate of drug-likeness (QED) is 0.802. The van der Waals surface area contributed by atoms with Gasteiger partial charge in [0.25, 0.3) is 5.56 Å².